The molecule has 0 aliphatic rings. The molecule has 0 saturated carbocycles. The van der Waals surface area contributed by atoms with Gasteiger partial charge in [0.25, 0.3) is 0 Å². The van der Waals surface area contributed by atoms with Crippen LogP contribution in [0, 0.1) is 0 Å². The number of carbonyl (C=O) groups excluding carboxylic acids is 1. The van der Waals surface area contributed by atoms with E-state index in [2.05, 4.69) is 0 Å². The van der Waals surface area contributed by atoms with Crippen LogP contribution < -0.4 is 0 Å². The molecule has 4 heteroatoms. The fourth-order valence-corrected chi connectivity index (χ4v) is 0.949. The molecule has 0 aromatic rings. The number of aliphatic carboxylic acids is 1. The van der Waals surface area contributed by atoms with Gasteiger partial charge in [-0.25, -0.2) is 0 Å². The predicted molar refractivity (Wildman–Crippen MR) is 53.6 cm³/mol. The van der Waals surface area contributed by atoms with Crippen molar-refractivity contribution >= 4 is 12.4 Å². The van der Waals surface area contributed by atoms with Crippen molar-refractivity contribution < 1.29 is 14.7 Å². The van der Waals surface area contributed by atoms with Crippen molar-refractivity contribution in [1.29, 1.82) is 0 Å². The summed E-state index contributed by atoms with van der Waals surface area (Å²) in [6.45, 7) is 3.51. The quantitative estimate of drug-likeness (QED) is 0.517. The van der Waals surface area contributed by atoms with E-state index < -0.39 is 5.97 Å². The third-order valence-corrected chi connectivity index (χ3v) is 1.57. The summed E-state index contributed by atoms with van der Waals surface area (Å²) in [6, 6.07) is 0. The van der Waals surface area contributed by atoms with Crippen molar-refractivity contribution in [3.8, 4) is 0 Å². The summed E-state index contributed by atoms with van der Waals surface area (Å²) in [5, 5.41) is 8.48. The molecule has 0 heterocycles. The molecule has 0 aromatic carbocycles. The van der Waals surface area contributed by atoms with Gasteiger partial charge in [-0.1, -0.05) is 19.1 Å². The first kappa shape index (κ1) is 12.4. The zero-order chi connectivity index (χ0) is 11.0. The van der Waals surface area contributed by atoms with E-state index in [4.69, 9.17) is 5.11 Å². The lowest BCUT2D eigenvalue weighted by Crippen LogP contribution is -2.23. The fourth-order valence-electron chi connectivity index (χ4n) is 0.949. The molecular formula is C10H15NO3. The maximum absolute atomic E-state index is 10.5. The van der Waals surface area contributed by atoms with E-state index in [1.807, 2.05) is 26.0 Å². The Balaban J connectivity index is 4.51. The highest BCUT2D eigenvalue weighted by molar-refractivity contribution is 5.72. The van der Waals surface area contributed by atoms with Gasteiger partial charge in [0, 0.05) is 6.20 Å². The Morgan fingerprint density at radius 1 is 1.50 bits per heavy atom. The summed E-state index contributed by atoms with van der Waals surface area (Å²) >= 11 is 0. The molecule has 0 aliphatic carbocycles. The van der Waals surface area contributed by atoms with Crippen molar-refractivity contribution in [2.45, 2.75) is 20.3 Å². The average molecular weight is 197 g/mol. The Kier molecular flexibility index (Phi) is 6.11. The molecule has 0 aromatic heterocycles. The van der Waals surface area contributed by atoms with Crippen LogP contribution in [0.3, 0.4) is 0 Å². The first-order chi connectivity index (χ1) is 6.63. The molecule has 1 amide bonds. The lowest BCUT2D eigenvalue weighted by Gasteiger charge is -2.10. The topological polar surface area (TPSA) is 57.6 Å². The molecule has 0 bridgehead atoms. The minimum absolute atomic E-state index is 0.301. The van der Waals surface area contributed by atoms with Crippen molar-refractivity contribution in [3.63, 3.8) is 0 Å². The van der Waals surface area contributed by atoms with E-state index in [1.165, 1.54) is 0 Å². The maximum atomic E-state index is 10.5. The monoisotopic (exact) mass is 197 g/mol. The van der Waals surface area contributed by atoms with Crippen LogP contribution >= 0.6 is 0 Å². The number of carboxylic acids is 1. The number of carbonyl (C=O) groups is 2. The maximum Gasteiger partial charge on any atom is 0.323 e. The Hall–Kier alpha value is -1.58. The molecule has 0 atom stereocenters. The van der Waals surface area contributed by atoms with Crippen LogP contribution in [0.15, 0.2) is 23.9 Å². The molecule has 14 heavy (non-hydrogen) atoms. The molecular weight excluding hydrogens is 182 g/mol. The second-order valence-electron chi connectivity index (χ2n) is 2.73. The standard InChI is InChI=1S/C10H15NO3/c1-3-5-9(4-2)6-11(8-12)7-10(13)14/h3,5-6,8H,4,7H2,1-2H3,(H,13,14)/b5-3-,9-6-. The zero-order valence-corrected chi connectivity index (χ0v) is 8.43. The van der Waals surface area contributed by atoms with Gasteiger partial charge in [0.2, 0.25) is 6.41 Å². The third kappa shape index (κ3) is 5.13. The summed E-state index contributed by atoms with van der Waals surface area (Å²) in [4.78, 5) is 22.0. The highest BCUT2D eigenvalue weighted by Crippen LogP contribution is 2.03. The Morgan fingerprint density at radius 3 is 2.50 bits per heavy atom. The molecule has 0 aliphatic heterocycles. The molecule has 0 fully saturated rings. The minimum atomic E-state index is -1.02. The Labute approximate surface area is 83.5 Å². The predicted octanol–water partition coefficient (Wildman–Crippen LogP) is 1.40. The van der Waals surface area contributed by atoms with Gasteiger partial charge in [-0.15, -0.1) is 0 Å². The van der Waals surface area contributed by atoms with Gasteiger partial charge in [0.1, 0.15) is 6.54 Å². The number of rotatable bonds is 6. The first-order valence-electron chi connectivity index (χ1n) is 4.40. The van der Waals surface area contributed by atoms with Crippen LogP contribution in [0.5, 0.6) is 0 Å². The highest BCUT2D eigenvalue weighted by Gasteiger charge is 2.03. The van der Waals surface area contributed by atoms with Crippen LogP contribution in [-0.4, -0.2) is 28.9 Å². The lowest BCUT2D eigenvalue weighted by molar-refractivity contribution is -0.139. The first-order valence-corrected chi connectivity index (χ1v) is 4.40. The molecule has 0 rings (SSSR count). The van der Waals surface area contributed by atoms with Gasteiger partial charge in [-0.05, 0) is 18.9 Å². The molecule has 78 valence electrons. The summed E-state index contributed by atoms with van der Waals surface area (Å²) in [5.74, 6) is -1.02. The molecule has 0 saturated heterocycles. The van der Waals surface area contributed by atoms with E-state index in [9.17, 15) is 9.59 Å². The SMILES string of the molecule is C/C=C\C(=C/N(C=O)CC(=O)O)CC. The fraction of sp³-hybridized carbons (Fsp3) is 0.400. The minimum Gasteiger partial charge on any atom is -0.480 e. The average Bonchev–Trinajstić information content (AvgIpc) is 2.15. The summed E-state index contributed by atoms with van der Waals surface area (Å²) in [7, 11) is 0. The van der Waals surface area contributed by atoms with E-state index >= 15 is 0 Å². The lowest BCUT2D eigenvalue weighted by atomic mass is 10.2. The van der Waals surface area contributed by atoms with Crippen molar-refractivity contribution in [2.24, 2.45) is 0 Å². The van der Waals surface area contributed by atoms with Crippen LogP contribution in [0.2, 0.25) is 0 Å². The summed E-state index contributed by atoms with van der Waals surface area (Å²) < 4.78 is 0. The second-order valence-corrected chi connectivity index (χ2v) is 2.73. The van der Waals surface area contributed by atoms with Crippen LogP contribution in [-0.2, 0) is 9.59 Å². The molecule has 0 spiro atoms. The number of hydrogen-bond acceptors (Lipinski definition) is 2. The number of carboxylic acid groups (broad SMARTS) is 1. The van der Waals surface area contributed by atoms with E-state index in [-0.39, 0.29) is 6.54 Å². The van der Waals surface area contributed by atoms with Gasteiger partial charge in [-0.3, -0.25) is 9.59 Å². The number of nitrogens with zero attached hydrogens (tertiary/aromatic N) is 1. The van der Waals surface area contributed by atoms with E-state index in [1.54, 1.807) is 6.20 Å². The Bertz CT molecular complexity index is 256. The van der Waals surface area contributed by atoms with Gasteiger partial charge in [0.05, 0.1) is 0 Å². The second kappa shape index (κ2) is 6.88. The normalized spacial score (nSPS) is 11.7. The van der Waals surface area contributed by atoms with Gasteiger partial charge in [0.15, 0.2) is 0 Å². The summed E-state index contributed by atoms with van der Waals surface area (Å²) in [6.07, 6.45) is 6.50. The van der Waals surface area contributed by atoms with Gasteiger partial charge in [-0.2, -0.15) is 0 Å². The van der Waals surface area contributed by atoms with E-state index in [0.717, 1.165) is 16.9 Å². The van der Waals surface area contributed by atoms with Crippen molar-refractivity contribution in [1.82, 2.24) is 4.90 Å². The smallest absolute Gasteiger partial charge is 0.323 e. The number of hydrogen-bond donors (Lipinski definition) is 1. The summed E-state index contributed by atoms with van der Waals surface area (Å²) in [5.41, 5.74) is 0.917. The molecule has 0 radical (unpaired) electrons. The molecule has 0 unspecified atom stereocenters. The van der Waals surface area contributed by atoms with Crippen LogP contribution in [0.25, 0.3) is 0 Å². The molecule has 1 N–H and O–H groups in total. The number of allylic oxidation sites excluding steroid dienone is 3. The Morgan fingerprint density at radius 2 is 2.14 bits per heavy atom. The van der Waals surface area contributed by atoms with Gasteiger partial charge >= 0.3 is 5.97 Å². The van der Waals surface area contributed by atoms with Crippen LogP contribution in [0.1, 0.15) is 20.3 Å². The zero-order valence-electron chi connectivity index (χ0n) is 8.43. The van der Waals surface area contributed by atoms with Crippen molar-refractivity contribution in [2.75, 3.05) is 6.54 Å². The van der Waals surface area contributed by atoms with Gasteiger partial charge < -0.3 is 10.0 Å². The van der Waals surface area contributed by atoms with E-state index in [0.29, 0.717) is 6.41 Å². The van der Waals surface area contributed by atoms with Crippen molar-refractivity contribution in [3.05, 3.63) is 23.9 Å². The largest absolute Gasteiger partial charge is 0.480 e. The molecule has 4 nitrogen and oxygen atoms in total. The number of amides is 1. The third-order valence-electron chi connectivity index (χ3n) is 1.57. The van der Waals surface area contributed by atoms with Crippen LogP contribution in [0.4, 0.5) is 0 Å². The highest BCUT2D eigenvalue weighted by atomic mass is 16.4.